The summed E-state index contributed by atoms with van der Waals surface area (Å²) < 4.78 is 6.76. The van der Waals surface area contributed by atoms with E-state index in [1.807, 2.05) is 0 Å². The van der Waals surface area contributed by atoms with Gasteiger partial charge in [-0.2, -0.15) is 0 Å². The molecule has 2 heteroatoms. The highest BCUT2D eigenvalue weighted by atomic mass is 16.3. The second-order valence-electron chi connectivity index (χ2n) is 14.4. The molecule has 11 rings (SSSR count). The Labute approximate surface area is 325 Å². The molecule has 0 fully saturated rings. The highest BCUT2D eigenvalue weighted by molar-refractivity contribution is 6.22. The molecular weight excluding hydrogens is 679 g/mol. The second-order valence-corrected chi connectivity index (χ2v) is 14.4. The van der Waals surface area contributed by atoms with Gasteiger partial charge in [0.25, 0.3) is 0 Å². The molecular formula is C54H35NO. The number of para-hydroxylation sites is 1. The molecule has 11 aromatic rings. The van der Waals surface area contributed by atoms with E-state index in [1.165, 1.54) is 38.2 Å². The van der Waals surface area contributed by atoms with Crippen LogP contribution in [0.25, 0.3) is 87.6 Å². The molecule has 0 N–H and O–H groups in total. The molecule has 0 unspecified atom stereocenters. The van der Waals surface area contributed by atoms with Gasteiger partial charge in [0, 0.05) is 22.0 Å². The highest BCUT2D eigenvalue weighted by Crippen LogP contribution is 2.49. The molecule has 0 saturated carbocycles. The van der Waals surface area contributed by atoms with Crippen molar-refractivity contribution in [3.63, 3.8) is 0 Å². The van der Waals surface area contributed by atoms with Crippen molar-refractivity contribution in [3.8, 4) is 33.4 Å². The molecule has 0 radical (unpaired) electrons. The quantitative estimate of drug-likeness (QED) is 0.160. The number of hydrogen-bond acceptors (Lipinski definition) is 2. The molecule has 1 heterocycles. The monoisotopic (exact) mass is 713 g/mol. The summed E-state index contributed by atoms with van der Waals surface area (Å²) in [7, 11) is 0. The van der Waals surface area contributed by atoms with Crippen molar-refractivity contribution in [2.75, 3.05) is 4.90 Å². The molecule has 262 valence electrons. The molecule has 0 spiro atoms. The Balaban J connectivity index is 1.23. The van der Waals surface area contributed by atoms with E-state index in [0.717, 1.165) is 66.5 Å². The predicted octanol–water partition coefficient (Wildman–Crippen LogP) is 15.5. The van der Waals surface area contributed by atoms with Gasteiger partial charge < -0.3 is 9.32 Å². The fourth-order valence-corrected chi connectivity index (χ4v) is 8.81. The Morgan fingerprint density at radius 3 is 1.64 bits per heavy atom. The Kier molecular flexibility index (Phi) is 7.53. The molecule has 10 aromatic carbocycles. The summed E-state index contributed by atoms with van der Waals surface area (Å²) in [6, 6.07) is 76.4. The lowest BCUT2D eigenvalue weighted by Gasteiger charge is -2.29. The number of hydrogen-bond donors (Lipinski definition) is 0. The highest BCUT2D eigenvalue weighted by Gasteiger charge is 2.24. The second kappa shape index (κ2) is 13.2. The number of anilines is 3. The molecule has 0 aliphatic carbocycles. The van der Waals surface area contributed by atoms with Crippen molar-refractivity contribution in [3.05, 3.63) is 212 Å². The van der Waals surface area contributed by atoms with Gasteiger partial charge in [0.2, 0.25) is 0 Å². The molecule has 2 nitrogen and oxygen atoms in total. The molecule has 56 heavy (non-hydrogen) atoms. The zero-order chi connectivity index (χ0) is 37.0. The lowest BCUT2D eigenvalue weighted by atomic mass is 9.85. The fourth-order valence-electron chi connectivity index (χ4n) is 8.81. The van der Waals surface area contributed by atoms with Crippen LogP contribution >= 0.6 is 0 Å². The normalized spacial score (nSPS) is 11.6. The van der Waals surface area contributed by atoms with Gasteiger partial charge in [-0.1, -0.05) is 176 Å². The van der Waals surface area contributed by atoms with Crippen molar-refractivity contribution >= 4 is 71.3 Å². The minimum Gasteiger partial charge on any atom is -0.455 e. The predicted molar refractivity (Wildman–Crippen MR) is 237 cm³/mol. The van der Waals surface area contributed by atoms with E-state index in [4.69, 9.17) is 4.42 Å². The Morgan fingerprint density at radius 2 is 0.893 bits per heavy atom. The van der Waals surface area contributed by atoms with Crippen LogP contribution in [0, 0.1) is 0 Å². The third kappa shape index (κ3) is 5.11. The van der Waals surface area contributed by atoms with Crippen LogP contribution in [-0.4, -0.2) is 0 Å². The third-order valence-corrected chi connectivity index (χ3v) is 11.2. The van der Waals surface area contributed by atoms with Crippen molar-refractivity contribution in [1.29, 1.82) is 0 Å². The first-order valence-corrected chi connectivity index (χ1v) is 19.2. The average Bonchev–Trinajstić information content (AvgIpc) is 3.67. The van der Waals surface area contributed by atoms with Gasteiger partial charge in [-0.05, 0) is 91.1 Å². The number of furan rings is 1. The topological polar surface area (TPSA) is 16.4 Å². The van der Waals surface area contributed by atoms with Gasteiger partial charge in [-0.15, -0.1) is 0 Å². The Morgan fingerprint density at radius 1 is 0.339 bits per heavy atom. The van der Waals surface area contributed by atoms with Crippen molar-refractivity contribution in [2.24, 2.45) is 0 Å². The maximum Gasteiger partial charge on any atom is 0.143 e. The van der Waals surface area contributed by atoms with Crippen molar-refractivity contribution in [1.82, 2.24) is 0 Å². The lowest BCUT2D eigenvalue weighted by Crippen LogP contribution is -2.11. The third-order valence-electron chi connectivity index (χ3n) is 11.2. The zero-order valence-corrected chi connectivity index (χ0v) is 30.6. The molecule has 0 bridgehead atoms. The standard InChI is InChI=1S/C54H35NO/c1-3-17-36(18-4-1)41-24-13-14-30-48(41)55(49-31-16-32-50-53(49)47-34-33-37-19-7-8-25-42(37)54(47)56-50)40-23-15-22-39(35-40)52-46-29-12-10-27-44(46)43-26-9-11-28-45(43)51(52)38-20-5-2-6-21-38/h1-35H. The zero-order valence-electron chi connectivity index (χ0n) is 30.6. The summed E-state index contributed by atoms with van der Waals surface area (Å²) in [6.07, 6.45) is 0. The summed E-state index contributed by atoms with van der Waals surface area (Å²) in [5.74, 6) is 0. The minimum absolute atomic E-state index is 0.860. The SMILES string of the molecule is c1ccc(-c2ccccc2N(c2cccc(-c3c(-c4ccccc4)c4ccccc4c4ccccc34)c2)c2cccc3oc4c5ccccc5ccc4c23)cc1. The summed E-state index contributed by atoms with van der Waals surface area (Å²) in [4.78, 5) is 2.43. The van der Waals surface area contributed by atoms with E-state index in [9.17, 15) is 0 Å². The van der Waals surface area contributed by atoms with E-state index < -0.39 is 0 Å². The summed E-state index contributed by atoms with van der Waals surface area (Å²) in [6.45, 7) is 0. The van der Waals surface area contributed by atoms with Crippen LogP contribution in [0.1, 0.15) is 0 Å². The van der Waals surface area contributed by atoms with Gasteiger partial charge in [-0.3, -0.25) is 0 Å². The van der Waals surface area contributed by atoms with E-state index >= 15 is 0 Å². The van der Waals surface area contributed by atoms with Crippen molar-refractivity contribution < 1.29 is 4.42 Å². The Bertz CT molecular complexity index is 3250. The number of rotatable bonds is 6. The maximum absolute atomic E-state index is 6.76. The van der Waals surface area contributed by atoms with Gasteiger partial charge in [0.1, 0.15) is 11.2 Å². The van der Waals surface area contributed by atoms with E-state index in [-0.39, 0.29) is 0 Å². The van der Waals surface area contributed by atoms with Crippen LogP contribution in [0.4, 0.5) is 17.1 Å². The van der Waals surface area contributed by atoms with E-state index in [0.29, 0.717) is 0 Å². The number of benzene rings is 10. The van der Waals surface area contributed by atoms with Gasteiger partial charge in [-0.25, -0.2) is 0 Å². The van der Waals surface area contributed by atoms with E-state index in [2.05, 4.69) is 217 Å². The first-order chi connectivity index (χ1) is 27.8. The number of nitrogens with zero attached hydrogens (tertiary/aromatic N) is 1. The van der Waals surface area contributed by atoms with Crippen LogP contribution in [-0.2, 0) is 0 Å². The molecule has 0 aliphatic heterocycles. The largest absolute Gasteiger partial charge is 0.455 e. The fraction of sp³-hybridized carbons (Fsp3) is 0. The average molecular weight is 714 g/mol. The van der Waals surface area contributed by atoms with Gasteiger partial charge in [0.15, 0.2) is 0 Å². The van der Waals surface area contributed by atoms with Crippen LogP contribution in [0.15, 0.2) is 217 Å². The molecule has 1 aromatic heterocycles. The first kappa shape index (κ1) is 32.0. The van der Waals surface area contributed by atoms with Crippen LogP contribution < -0.4 is 4.90 Å². The van der Waals surface area contributed by atoms with Crippen LogP contribution in [0.3, 0.4) is 0 Å². The van der Waals surface area contributed by atoms with Crippen LogP contribution in [0.5, 0.6) is 0 Å². The first-order valence-electron chi connectivity index (χ1n) is 19.2. The van der Waals surface area contributed by atoms with Crippen LogP contribution in [0.2, 0.25) is 0 Å². The molecule has 0 atom stereocenters. The lowest BCUT2D eigenvalue weighted by molar-refractivity contribution is 0.672. The van der Waals surface area contributed by atoms with Crippen molar-refractivity contribution in [2.45, 2.75) is 0 Å². The Hall–Kier alpha value is -7.42. The van der Waals surface area contributed by atoms with Gasteiger partial charge >= 0.3 is 0 Å². The summed E-state index contributed by atoms with van der Waals surface area (Å²) in [5.41, 5.74) is 12.1. The van der Waals surface area contributed by atoms with E-state index in [1.54, 1.807) is 0 Å². The molecule has 0 saturated heterocycles. The minimum atomic E-state index is 0.860. The number of fused-ring (bicyclic) bond motifs is 8. The maximum atomic E-state index is 6.76. The smallest absolute Gasteiger partial charge is 0.143 e. The molecule has 0 amide bonds. The molecule has 0 aliphatic rings. The van der Waals surface area contributed by atoms with Gasteiger partial charge in [0.05, 0.1) is 16.8 Å². The summed E-state index contributed by atoms with van der Waals surface area (Å²) >= 11 is 0. The summed E-state index contributed by atoms with van der Waals surface area (Å²) in [5, 5.41) is 9.43.